The zero-order chi connectivity index (χ0) is 23.1. The van der Waals surface area contributed by atoms with Crippen LogP contribution in [-0.2, 0) is 19.5 Å². The van der Waals surface area contributed by atoms with Crippen molar-refractivity contribution in [2.45, 2.75) is 23.3 Å². The van der Waals surface area contributed by atoms with Gasteiger partial charge < -0.3 is 19.7 Å². The van der Waals surface area contributed by atoms with Gasteiger partial charge >= 0.3 is 23.3 Å². The molecule has 0 atom stereocenters. The van der Waals surface area contributed by atoms with E-state index in [4.69, 9.17) is 10.2 Å². The molecule has 0 rings (SSSR count). The maximum Gasteiger partial charge on any atom is 0.460 e. The molecule has 0 aromatic heterocycles. The highest BCUT2D eigenvalue weighted by atomic mass is 32.2. The predicted octanol–water partition coefficient (Wildman–Crippen LogP) is 1.06. The van der Waals surface area contributed by atoms with Crippen molar-refractivity contribution < 1.29 is 67.6 Å². The zero-order valence-corrected chi connectivity index (χ0v) is 15.3. The van der Waals surface area contributed by atoms with E-state index in [1.54, 1.807) is 0 Å². The Morgan fingerprint density at radius 1 is 0.690 bits per heavy atom. The fraction of sp³-hybridized carbons (Fsp3) is 1.00. The molecule has 0 spiro atoms. The second kappa shape index (κ2) is 10.4. The zero-order valence-electron chi connectivity index (χ0n) is 14.4. The summed E-state index contributed by atoms with van der Waals surface area (Å²) in [6.45, 7) is -5.98. The number of halogens is 9. The minimum absolute atomic E-state index is 0.437. The first-order valence-electron chi connectivity index (χ1n) is 7.59. The third-order valence-corrected chi connectivity index (χ3v) is 5.17. The van der Waals surface area contributed by atoms with Crippen LogP contribution < -0.4 is 0 Å². The van der Waals surface area contributed by atoms with Gasteiger partial charge in [0.05, 0.1) is 39.6 Å². The molecule has 0 aromatic rings. The summed E-state index contributed by atoms with van der Waals surface area (Å²) in [6, 6.07) is 0. The maximum absolute atomic E-state index is 13.9. The van der Waals surface area contributed by atoms with Crippen LogP contribution in [0.25, 0.3) is 0 Å². The number of hydrogen-bond acceptors (Lipinski definition) is 6. The van der Waals surface area contributed by atoms with Crippen LogP contribution in [-0.4, -0.2) is 98.9 Å². The number of rotatable bonds is 14. The summed E-state index contributed by atoms with van der Waals surface area (Å²) >= 11 is 0. The van der Waals surface area contributed by atoms with Crippen LogP contribution in [0, 0.1) is 0 Å². The SMILES string of the molecule is O=S(=O)(N(CCOCCO)CCOCCO)C(F)(F)C(F)(F)C(F)(F)C(F)(F)F. The number of ether oxygens (including phenoxy) is 2. The molecule has 0 heterocycles. The quantitative estimate of drug-likeness (QED) is 0.288. The summed E-state index contributed by atoms with van der Waals surface area (Å²) < 4.78 is 149. The average Bonchev–Trinajstić information content (AvgIpc) is 2.58. The minimum Gasteiger partial charge on any atom is -0.394 e. The van der Waals surface area contributed by atoms with Crippen LogP contribution >= 0.6 is 0 Å². The number of alkyl halides is 9. The summed E-state index contributed by atoms with van der Waals surface area (Å²) in [5.74, 6) is -14.7. The molecule has 0 aliphatic carbocycles. The van der Waals surface area contributed by atoms with Gasteiger partial charge in [-0.2, -0.15) is 43.8 Å². The lowest BCUT2D eigenvalue weighted by molar-refractivity contribution is -0.382. The topological polar surface area (TPSA) is 96.3 Å². The van der Waals surface area contributed by atoms with Crippen molar-refractivity contribution in [3.63, 3.8) is 0 Å². The van der Waals surface area contributed by atoms with Crippen LogP contribution in [0.2, 0.25) is 0 Å². The van der Waals surface area contributed by atoms with Crippen molar-refractivity contribution in [3.05, 3.63) is 0 Å². The molecule has 0 aliphatic rings. The van der Waals surface area contributed by atoms with Crippen molar-refractivity contribution in [1.29, 1.82) is 0 Å². The number of aliphatic hydroxyl groups is 2. The minimum atomic E-state index is -7.37. The standard InChI is InChI=1S/C12H18F9NO6S/c13-9(14,11(17,18)19)10(15,16)12(20,21)29(25,26)22(1-5-27-7-3-23)2-6-28-8-4-24/h23-24H,1-8H2. The smallest absolute Gasteiger partial charge is 0.394 e. The predicted molar refractivity (Wildman–Crippen MR) is 77.2 cm³/mol. The van der Waals surface area contributed by atoms with Gasteiger partial charge in [0.25, 0.3) is 10.0 Å². The number of hydrogen-bond donors (Lipinski definition) is 2. The van der Waals surface area contributed by atoms with E-state index in [-0.39, 0.29) is 0 Å². The molecular formula is C12H18F9NO6S. The third kappa shape index (κ3) is 6.06. The maximum atomic E-state index is 13.9. The van der Waals surface area contributed by atoms with Gasteiger partial charge in [0.15, 0.2) is 0 Å². The molecule has 29 heavy (non-hydrogen) atoms. The van der Waals surface area contributed by atoms with Crippen LogP contribution in [0.3, 0.4) is 0 Å². The fourth-order valence-electron chi connectivity index (χ4n) is 1.70. The van der Waals surface area contributed by atoms with Gasteiger partial charge in [-0.05, 0) is 0 Å². The van der Waals surface area contributed by atoms with Gasteiger partial charge in [0, 0.05) is 13.1 Å². The highest BCUT2D eigenvalue weighted by Gasteiger charge is 2.85. The monoisotopic (exact) mass is 475 g/mol. The molecule has 0 bridgehead atoms. The third-order valence-electron chi connectivity index (χ3n) is 3.22. The molecule has 2 N–H and O–H groups in total. The molecule has 176 valence electrons. The molecule has 0 aliphatic heterocycles. The highest BCUT2D eigenvalue weighted by Crippen LogP contribution is 2.55. The van der Waals surface area contributed by atoms with E-state index in [0.717, 1.165) is 0 Å². The van der Waals surface area contributed by atoms with Gasteiger partial charge in [-0.3, -0.25) is 0 Å². The van der Waals surface area contributed by atoms with Gasteiger partial charge in [-0.15, -0.1) is 0 Å². The highest BCUT2D eigenvalue weighted by molar-refractivity contribution is 7.90. The van der Waals surface area contributed by atoms with E-state index < -0.39 is 90.3 Å². The van der Waals surface area contributed by atoms with Gasteiger partial charge in [0.2, 0.25) is 0 Å². The Labute approximate surface area is 159 Å². The normalized spacial score (nSPS) is 14.6. The summed E-state index contributed by atoms with van der Waals surface area (Å²) in [5.41, 5.74) is 0. The van der Waals surface area contributed by atoms with Crippen molar-refractivity contribution in [2.75, 3.05) is 52.7 Å². The molecule has 17 heteroatoms. The Bertz CT molecular complexity index is 587. The van der Waals surface area contributed by atoms with E-state index >= 15 is 0 Å². The Balaban J connectivity index is 5.86. The molecular weight excluding hydrogens is 457 g/mol. The average molecular weight is 475 g/mol. The van der Waals surface area contributed by atoms with Crippen LogP contribution in [0.15, 0.2) is 0 Å². The first kappa shape index (κ1) is 28.1. The van der Waals surface area contributed by atoms with Crippen molar-refractivity contribution in [1.82, 2.24) is 4.31 Å². The Kier molecular flexibility index (Phi) is 10.1. The lowest BCUT2D eigenvalue weighted by atomic mass is 10.1. The molecule has 7 nitrogen and oxygen atoms in total. The first-order valence-corrected chi connectivity index (χ1v) is 9.03. The van der Waals surface area contributed by atoms with Gasteiger partial charge in [-0.25, -0.2) is 8.42 Å². The lowest BCUT2D eigenvalue weighted by Crippen LogP contribution is -2.65. The summed E-state index contributed by atoms with van der Waals surface area (Å²) in [4.78, 5) is 0. The van der Waals surface area contributed by atoms with E-state index in [9.17, 15) is 47.9 Å². The van der Waals surface area contributed by atoms with Crippen LogP contribution in [0.5, 0.6) is 0 Å². The molecule has 0 fully saturated rings. The fourth-order valence-corrected chi connectivity index (χ4v) is 3.11. The molecule has 0 aromatic carbocycles. The first-order chi connectivity index (χ1) is 13.0. The number of sulfonamides is 1. The lowest BCUT2D eigenvalue weighted by Gasteiger charge is -2.35. The van der Waals surface area contributed by atoms with E-state index in [1.807, 2.05) is 0 Å². The van der Waals surface area contributed by atoms with E-state index in [0.29, 0.717) is 0 Å². The summed E-state index contributed by atoms with van der Waals surface area (Å²) in [6.07, 6.45) is -7.17. The van der Waals surface area contributed by atoms with Gasteiger partial charge in [-0.1, -0.05) is 0 Å². The van der Waals surface area contributed by atoms with Crippen molar-refractivity contribution in [2.24, 2.45) is 0 Å². The van der Waals surface area contributed by atoms with Crippen molar-refractivity contribution in [3.8, 4) is 0 Å². The van der Waals surface area contributed by atoms with E-state index in [2.05, 4.69) is 9.47 Å². The molecule has 0 unspecified atom stereocenters. The Morgan fingerprint density at radius 2 is 1.07 bits per heavy atom. The number of aliphatic hydroxyl groups excluding tert-OH is 2. The Hall–Kier alpha value is -0.880. The molecule has 0 saturated heterocycles. The van der Waals surface area contributed by atoms with E-state index in [1.165, 1.54) is 0 Å². The molecule has 0 saturated carbocycles. The van der Waals surface area contributed by atoms with Gasteiger partial charge in [0.1, 0.15) is 0 Å². The van der Waals surface area contributed by atoms with Crippen LogP contribution in [0.1, 0.15) is 0 Å². The second-order valence-electron chi connectivity index (χ2n) is 5.24. The molecule has 0 radical (unpaired) electrons. The summed E-state index contributed by atoms with van der Waals surface area (Å²) in [7, 11) is -6.79. The van der Waals surface area contributed by atoms with Crippen LogP contribution in [0.4, 0.5) is 39.5 Å². The number of nitrogens with zero attached hydrogens (tertiary/aromatic N) is 1. The molecule has 0 amide bonds. The summed E-state index contributed by atoms with van der Waals surface area (Å²) in [5, 5.41) is 10.1. The largest absolute Gasteiger partial charge is 0.460 e. The Morgan fingerprint density at radius 3 is 1.38 bits per heavy atom. The second-order valence-corrected chi connectivity index (χ2v) is 7.22. The van der Waals surface area contributed by atoms with Crippen molar-refractivity contribution >= 4 is 10.0 Å².